The number of carbonyl (C=O) groups is 1. The van der Waals surface area contributed by atoms with Gasteiger partial charge in [0.15, 0.2) is 0 Å². The number of piperidine rings is 1. The van der Waals surface area contributed by atoms with Crippen molar-refractivity contribution < 1.29 is 14.3 Å². The normalized spacial score (nSPS) is 16.4. The van der Waals surface area contributed by atoms with Crippen molar-refractivity contribution in [2.24, 2.45) is 5.92 Å². The number of hydrogen-bond donors (Lipinski definition) is 2. The molecule has 4 nitrogen and oxygen atoms in total. The molecule has 0 spiro atoms. The highest BCUT2D eigenvalue weighted by Gasteiger charge is 2.24. The first kappa shape index (κ1) is 14.8. The van der Waals surface area contributed by atoms with Crippen LogP contribution in [0, 0.1) is 11.7 Å². The van der Waals surface area contributed by atoms with Gasteiger partial charge < -0.3 is 15.3 Å². The van der Waals surface area contributed by atoms with Gasteiger partial charge >= 0.3 is 0 Å². The molecule has 0 aliphatic carbocycles. The van der Waals surface area contributed by atoms with E-state index in [4.69, 9.17) is 0 Å². The van der Waals surface area contributed by atoms with Crippen LogP contribution in [0.4, 0.5) is 4.39 Å². The third-order valence-corrected chi connectivity index (χ3v) is 3.89. The quantitative estimate of drug-likeness (QED) is 0.887. The summed E-state index contributed by atoms with van der Waals surface area (Å²) in [6.07, 6.45) is 3.09. The zero-order valence-electron chi connectivity index (χ0n) is 11.7. The Morgan fingerprint density at radius 2 is 2.15 bits per heavy atom. The summed E-state index contributed by atoms with van der Waals surface area (Å²) >= 11 is 0. The van der Waals surface area contributed by atoms with Crippen molar-refractivity contribution in [3.8, 4) is 5.75 Å². The van der Waals surface area contributed by atoms with E-state index in [9.17, 15) is 14.3 Å². The second-order valence-corrected chi connectivity index (χ2v) is 5.29. The van der Waals surface area contributed by atoms with Crippen LogP contribution in [0.3, 0.4) is 0 Å². The van der Waals surface area contributed by atoms with Crippen molar-refractivity contribution in [3.05, 3.63) is 29.6 Å². The molecular formula is C15H21FN2O2. The average Bonchev–Trinajstić information content (AvgIpc) is 2.45. The van der Waals surface area contributed by atoms with Gasteiger partial charge in [-0.2, -0.15) is 0 Å². The van der Waals surface area contributed by atoms with Crippen molar-refractivity contribution >= 4 is 5.91 Å². The molecule has 1 saturated heterocycles. The van der Waals surface area contributed by atoms with Crippen molar-refractivity contribution in [1.29, 1.82) is 0 Å². The summed E-state index contributed by atoms with van der Waals surface area (Å²) in [7, 11) is 1.94. The van der Waals surface area contributed by atoms with Gasteiger partial charge in [-0.3, -0.25) is 4.79 Å². The third-order valence-electron chi connectivity index (χ3n) is 3.89. The van der Waals surface area contributed by atoms with Gasteiger partial charge in [0.1, 0.15) is 11.6 Å². The van der Waals surface area contributed by atoms with E-state index in [-0.39, 0.29) is 17.2 Å². The van der Waals surface area contributed by atoms with Crippen molar-refractivity contribution in [3.63, 3.8) is 0 Å². The summed E-state index contributed by atoms with van der Waals surface area (Å²) in [5, 5.41) is 12.8. The van der Waals surface area contributed by atoms with Gasteiger partial charge in [-0.15, -0.1) is 0 Å². The molecule has 2 N–H and O–H groups in total. The zero-order valence-corrected chi connectivity index (χ0v) is 11.7. The molecule has 0 aromatic heterocycles. The number of phenolic OH excluding ortho intramolecular Hbond substituents is 1. The summed E-state index contributed by atoms with van der Waals surface area (Å²) in [6.45, 7) is 2.39. The van der Waals surface area contributed by atoms with Crippen LogP contribution in [0.15, 0.2) is 18.2 Å². The summed E-state index contributed by atoms with van der Waals surface area (Å²) in [5.41, 5.74) is 0.181. The first-order valence-corrected chi connectivity index (χ1v) is 7.04. The van der Waals surface area contributed by atoms with Gasteiger partial charge in [-0.1, -0.05) is 0 Å². The van der Waals surface area contributed by atoms with Crippen LogP contribution < -0.4 is 5.32 Å². The lowest BCUT2D eigenvalue weighted by atomic mass is 9.93. The van der Waals surface area contributed by atoms with Crippen LogP contribution in [0.5, 0.6) is 5.75 Å². The van der Waals surface area contributed by atoms with Crippen LogP contribution in [0.25, 0.3) is 0 Å². The van der Waals surface area contributed by atoms with E-state index in [2.05, 4.69) is 5.32 Å². The van der Waals surface area contributed by atoms with Crippen molar-refractivity contribution in [1.82, 2.24) is 10.2 Å². The molecule has 0 bridgehead atoms. The summed E-state index contributed by atoms with van der Waals surface area (Å²) in [5.74, 6) is -0.389. The number of halogens is 1. The number of nitrogens with one attached hydrogen (secondary N) is 1. The van der Waals surface area contributed by atoms with Crippen LogP contribution in [-0.2, 0) is 0 Å². The molecule has 1 aliphatic heterocycles. The highest BCUT2D eigenvalue weighted by molar-refractivity contribution is 5.96. The second-order valence-electron chi connectivity index (χ2n) is 5.29. The first-order valence-electron chi connectivity index (χ1n) is 7.04. The van der Waals surface area contributed by atoms with Gasteiger partial charge in [0, 0.05) is 19.2 Å². The summed E-state index contributed by atoms with van der Waals surface area (Å²) in [4.78, 5) is 14.0. The van der Waals surface area contributed by atoms with E-state index >= 15 is 0 Å². The van der Waals surface area contributed by atoms with Crippen LogP contribution in [-0.4, -0.2) is 42.6 Å². The Labute approximate surface area is 118 Å². The lowest BCUT2D eigenvalue weighted by molar-refractivity contribution is 0.0684. The number of carbonyl (C=O) groups excluding carboxylic acids is 1. The number of rotatable bonds is 4. The zero-order chi connectivity index (χ0) is 14.5. The predicted molar refractivity (Wildman–Crippen MR) is 75.2 cm³/mol. The Hall–Kier alpha value is -1.62. The number of hydrogen-bond acceptors (Lipinski definition) is 3. The van der Waals surface area contributed by atoms with E-state index in [0.717, 1.165) is 31.9 Å². The van der Waals surface area contributed by atoms with E-state index in [1.807, 2.05) is 7.05 Å². The Balaban J connectivity index is 1.94. The van der Waals surface area contributed by atoms with Crippen LogP contribution in [0.1, 0.15) is 29.6 Å². The SMILES string of the molecule is CNCCC1CCN(C(=O)c2ccc(F)cc2O)CC1. The maximum absolute atomic E-state index is 12.9. The predicted octanol–water partition coefficient (Wildman–Crippen LogP) is 1.99. The van der Waals surface area contributed by atoms with Crippen LogP contribution in [0.2, 0.25) is 0 Å². The van der Waals surface area contributed by atoms with E-state index in [1.165, 1.54) is 12.1 Å². The molecule has 5 heteroatoms. The molecule has 1 fully saturated rings. The molecule has 2 rings (SSSR count). The molecular weight excluding hydrogens is 259 g/mol. The Morgan fingerprint density at radius 1 is 1.45 bits per heavy atom. The Bertz CT molecular complexity index is 471. The standard InChI is InChI=1S/C15H21FN2O2/c1-17-7-4-11-5-8-18(9-6-11)15(20)13-3-2-12(16)10-14(13)19/h2-3,10-11,17,19H,4-9H2,1H3. The van der Waals surface area contributed by atoms with Crippen LogP contribution >= 0.6 is 0 Å². The highest BCUT2D eigenvalue weighted by Crippen LogP contribution is 2.24. The average molecular weight is 280 g/mol. The maximum atomic E-state index is 12.9. The molecule has 0 atom stereocenters. The Kier molecular flexibility index (Phi) is 4.95. The number of nitrogens with zero attached hydrogens (tertiary/aromatic N) is 1. The molecule has 1 heterocycles. The minimum atomic E-state index is -0.537. The minimum Gasteiger partial charge on any atom is -0.507 e. The van der Waals surface area contributed by atoms with Gasteiger partial charge in [-0.25, -0.2) is 4.39 Å². The molecule has 1 aromatic carbocycles. The lowest BCUT2D eigenvalue weighted by Gasteiger charge is -2.32. The number of aromatic hydroxyl groups is 1. The smallest absolute Gasteiger partial charge is 0.257 e. The molecule has 0 saturated carbocycles. The lowest BCUT2D eigenvalue weighted by Crippen LogP contribution is -2.39. The monoisotopic (exact) mass is 280 g/mol. The van der Waals surface area contributed by atoms with E-state index in [0.29, 0.717) is 19.0 Å². The van der Waals surface area contributed by atoms with Gasteiger partial charge in [0.05, 0.1) is 5.56 Å². The highest BCUT2D eigenvalue weighted by atomic mass is 19.1. The topological polar surface area (TPSA) is 52.6 Å². The van der Waals surface area contributed by atoms with Crippen molar-refractivity contribution in [2.75, 3.05) is 26.7 Å². The maximum Gasteiger partial charge on any atom is 0.257 e. The summed E-state index contributed by atoms with van der Waals surface area (Å²) < 4.78 is 12.9. The molecule has 1 amide bonds. The molecule has 1 aromatic rings. The van der Waals surface area contributed by atoms with Gasteiger partial charge in [0.25, 0.3) is 5.91 Å². The fraction of sp³-hybridized carbons (Fsp3) is 0.533. The van der Waals surface area contributed by atoms with Crippen molar-refractivity contribution in [2.45, 2.75) is 19.3 Å². The molecule has 20 heavy (non-hydrogen) atoms. The number of benzene rings is 1. The molecule has 0 unspecified atom stereocenters. The largest absolute Gasteiger partial charge is 0.507 e. The first-order chi connectivity index (χ1) is 9.61. The second kappa shape index (κ2) is 6.70. The fourth-order valence-electron chi connectivity index (χ4n) is 2.63. The number of likely N-dealkylation sites (tertiary alicyclic amines) is 1. The molecule has 110 valence electrons. The van der Waals surface area contributed by atoms with Gasteiger partial charge in [0.2, 0.25) is 0 Å². The number of phenols is 1. The molecule has 0 radical (unpaired) electrons. The van der Waals surface area contributed by atoms with Gasteiger partial charge in [-0.05, 0) is 50.9 Å². The fourth-order valence-corrected chi connectivity index (χ4v) is 2.63. The third kappa shape index (κ3) is 3.48. The number of amides is 1. The minimum absolute atomic E-state index is 0.181. The van der Waals surface area contributed by atoms with E-state index < -0.39 is 5.82 Å². The Morgan fingerprint density at radius 3 is 2.75 bits per heavy atom. The summed E-state index contributed by atoms with van der Waals surface area (Å²) in [6, 6.07) is 3.53. The molecule has 1 aliphatic rings. The van der Waals surface area contributed by atoms with E-state index in [1.54, 1.807) is 4.90 Å².